The summed E-state index contributed by atoms with van der Waals surface area (Å²) in [7, 11) is 0. The summed E-state index contributed by atoms with van der Waals surface area (Å²) in [5, 5.41) is 2.95. The Morgan fingerprint density at radius 1 is 1.06 bits per heavy atom. The molecule has 0 aliphatic heterocycles. The van der Waals surface area contributed by atoms with E-state index in [9.17, 15) is 4.79 Å². The maximum Gasteiger partial charge on any atom is 0.257 e. The lowest BCUT2D eigenvalue weighted by Gasteiger charge is -2.12. The first-order chi connectivity index (χ1) is 15.5. The number of hydrogen-bond donors (Lipinski definition) is 1. The molecular weight excluding hydrogens is 466 g/mol. The van der Waals surface area contributed by atoms with Crippen molar-refractivity contribution in [2.75, 3.05) is 13.2 Å². The van der Waals surface area contributed by atoms with Gasteiger partial charge in [0.25, 0.3) is 5.91 Å². The fourth-order valence-corrected chi connectivity index (χ4v) is 3.90. The zero-order chi connectivity index (χ0) is 22.5. The van der Waals surface area contributed by atoms with Crippen molar-refractivity contribution in [1.82, 2.24) is 14.9 Å². The van der Waals surface area contributed by atoms with Crippen LogP contribution in [0.15, 0.2) is 71.2 Å². The van der Waals surface area contributed by atoms with Crippen LogP contribution in [0.1, 0.15) is 22.5 Å². The van der Waals surface area contributed by atoms with Crippen molar-refractivity contribution in [1.29, 1.82) is 0 Å². The van der Waals surface area contributed by atoms with Crippen LogP contribution in [0.5, 0.6) is 5.75 Å². The molecule has 4 rings (SSSR count). The molecule has 0 aliphatic rings. The Kier molecular flexibility index (Phi) is 6.90. The minimum Gasteiger partial charge on any atom is -0.483 e. The molecule has 0 atom stereocenters. The Hall–Kier alpha value is -3.12. The number of para-hydroxylation sites is 2. The highest BCUT2D eigenvalue weighted by atomic mass is 79.9. The fraction of sp³-hybridized carbons (Fsp3) is 0.231. The first-order valence-electron chi connectivity index (χ1n) is 10.6. The molecule has 0 saturated carbocycles. The zero-order valence-corrected chi connectivity index (χ0v) is 19.9. The summed E-state index contributed by atoms with van der Waals surface area (Å²) in [6.45, 7) is 5.21. The second-order valence-corrected chi connectivity index (χ2v) is 8.80. The molecule has 164 valence electrons. The summed E-state index contributed by atoms with van der Waals surface area (Å²) in [6, 6.07) is 22.4. The number of rotatable bonds is 8. The normalized spacial score (nSPS) is 11.0. The summed E-state index contributed by atoms with van der Waals surface area (Å²) in [5.41, 5.74) is 5.38. The lowest BCUT2D eigenvalue weighted by Crippen LogP contribution is -2.31. The van der Waals surface area contributed by atoms with Gasteiger partial charge in [0.15, 0.2) is 6.61 Å². The first-order valence-corrected chi connectivity index (χ1v) is 11.4. The Balaban J connectivity index is 1.40. The lowest BCUT2D eigenvalue weighted by atomic mass is 10.1. The van der Waals surface area contributed by atoms with Crippen LogP contribution >= 0.6 is 15.9 Å². The maximum atomic E-state index is 12.3. The predicted molar refractivity (Wildman–Crippen MR) is 131 cm³/mol. The van der Waals surface area contributed by atoms with Crippen molar-refractivity contribution in [3.05, 3.63) is 93.7 Å². The second kappa shape index (κ2) is 10.0. The van der Waals surface area contributed by atoms with Gasteiger partial charge in [-0.1, -0.05) is 52.3 Å². The van der Waals surface area contributed by atoms with Gasteiger partial charge in [0.1, 0.15) is 11.6 Å². The van der Waals surface area contributed by atoms with Crippen molar-refractivity contribution < 1.29 is 9.53 Å². The lowest BCUT2D eigenvalue weighted by molar-refractivity contribution is -0.123. The molecule has 0 saturated heterocycles. The minimum atomic E-state index is -0.138. The Bertz CT molecular complexity index is 1230. The summed E-state index contributed by atoms with van der Waals surface area (Å²) in [4.78, 5) is 17.1. The van der Waals surface area contributed by atoms with Gasteiger partial charge in [-0.3, -0.25) is 4.79 Å². The number of carbonyl (C=O) groups is 1. The van der Waals surface area contributed by atoms with Crippen molar-refractivity contribution in [2.24, 2.45) is 0 Å². The molecule has 0 unspecified atom stereocenters. The molecule has 0 aliphatic carbocycles. The maximum absolute atomic E-state index is 12.3. The van der Waals surface area contributed by atoms with Gasteiger partial charge in [0.2, 0.25) is 0 Å². The van der Waals surface area contributed by atoms with Gasteiger partial charge in [0, 0.05) is 24.0 Å². The molecule has 3 aromatic carbocycles. The number of nitrogens with zero attached hydrogens (tertiary/aromatic N) is 2. The van der Waals surface area contributed by atoms with Crippen molar-refractivity contribution >= 4 is 32.9 Å². The van der Waals surface area contributed by atoms with Gasteiger partial charge >= 0.3 is 0 Å². The third kappa shape index (κ3) is 5.37. The summed E-state index contributed by atoms with van der Waals surface area (Å²) < 4.78 is 8.98. The number of aromatic nitrogens is 2. The van der Waals surface area contributed by atoms with E-state index in [4.69, 9.17) is 9.72 Å². The van der Waals surface area contributed by atoms with Gasteiger partial charge < -0.3 is 14.6 Å². The Morgan fingerprint density at radius 3 is 2.66 bits per heavy atom. The Morgan fingerprint density at radius 2 is 1.84 bits per heavy atom. The number of hydrogen-bond acceptors (Lipinski definition) is 3. The number of halogens is 1. The largest absolute Gasteiger partial charge is 0.483 e. The summed E-state index contributed by atoms with van der Waals surface area (Å²) in [6.07, 6.45) is 0.639. The fourth-order valence-electron chi connectivity index (χ4n) is 3.64. The highest BCUT2D eigenvalue weighted by molar-refractivity contribution is 9.10. The van der Waals surface area contributed by atoms with Crippen LogP contribution in [0.3, 0.4) is 0 Å². The van der Waals surface area contributed by atoms with Crippen molar-refractivity contribution in [3.63, 3.8) is 0 Å². The first kappa shape index (κ1) is 22.1. The van der Waals surface area contributed by atoms with E-state index < -0.39 is 0 Å². The van der Waals surface area contributed by atoms with Crippen LogP contribution in [0, 0.1) is 13.8 Å². The van der Waals surface area contributed by atoms with Gasteiger partial charge in [-0.25, -0.2) is 4.98 Å². The molecule has 1 heterocycles. The van der Waals surface area contributed by atoms with E-state index in [1.54, 1.807) is 0 Å². The average molecular weight is 492 g/mol. The molecule has 5 nitrogen and oxygen atoms in total. The van der Waals surface area contributed by atoms with Gasteiger partial charge in [-0.05, 0) is 60.9 Å². The molecule has 0 fully saturated rings. The zero-order valence-electron chi connectivity index (χ0n) is 18.3. The van der Waals surface area contributed by atoms with Crippen LogP contribution < -0.4 is 10.1 Å². The number of aryl methyl sites for hydroxylation is 2. The van der Waals surface area contributed by atoms with Crippen LogP contribution in [0.25, 0.3) is 11.0 Å². The van der Waals surface area contributed by atoms with E-state index in [-0.39, 0.29) is 12.5 Å². The molecular formula is C26H26BrN3O2. The number of carbonyl (C=O) groups excluding carboxylic acids is 1. The highest BCUT2D eigenvalue weighted by Crippen LogP contribution is 2.20. The molecule has 32 heavy (non-hydrogen) atoms. The molecule has 4 aromatic rings. The molecule has 0 bridgehead atoms. The molecule has 6 heteroatoms. The molecule has 0 spiro atoms. The second-order valence-electron chi connectivity index (χ2n) is 7.89. The SMILES string of the molecule is Cc1ccc(C)c(OCC(=O)NCCc2nc3ccccc3n2Cc2ccc(Br)cc2)c1. The van der Waals surface area contributed by atoms with E-state index in [0.29, 0.717) is 13.0 Å². The van der Waals surface area contributed by atoms with Crippen molar-refractivity contribution in [2.45, 2.75) is 26.8 Å². The number of imidazole rings is 1. The van der Waals surface area contributed by atoms with Gasteiger partial charge in [-0.2, -0.15) is 0 Å². The summed E-state index contributed by atoms with van der Waals surface area (Å²) >= 11 is 3.49. The van der Waals surface area contributed by atoms with Crippen LogP contribution in [-0.2, 0) is 17.8 Å². The van der Waals surface area contributed by atoms with Crippen LogP contribution in [0.2, 0.25) is 0 Å². The van der Waals surface area contributed by atoms with E-state index >= 15 is 0 Å². The molecule has 1 aromatic heterocycles. The third-order valence-corrected chi connectivity index (χ3v) is 5.89. The van der Waals surface area contributed by atoms with Gasteiger partial charge in [-0.15, -0.1) is 0 Å². The van der Waals surface area contributed by atoms with E-state index in [1.807, 2.05) is 62.4 Å². The number of nitrogens with one attached hydrogen (secondary N) is 1. The standard InChI is InChI=1S/C26H26BrN3O2/c1-18-7-8-19(2)24(15-18)32-17-26(31)28-14-13-25-29-22-5-3-4-6-23(22)30(25)16-20-9-11-21(27)12-10-20/h3-12,15H,13-14,16-17H2,1-2H3,(H,28,31). The van der Waals surface area contributed by atoms with E-state index in [2.05, 4.69) is 44.0 Å². The number of fused-ring (bicyclic) bond motifs is 1. The van der Waals surface area contributed by atoms with Crippen LogP contribution in [-0.4, -0.2) is 28.6 Å². The summed E-state index contributed by atoms with van der Waals surface area (Å²) in [5.74, 6) is 1.56. The number of ether oxygens (including phenoxy) is 1. The van der Waals surface area contributed by atoms with Crippen molar-refractivity contribution in [3.8, 4) is 5.75 Å². The topological polar surface area (TPSA) is 56.1 Å². The quantitative estimate of drug-likeness (QED) is 0.368. The number of benzene rings is 3. The monoisotopic (exact) mass is 491 g/mol. The van der Waals surface area contributed by atoms with E-state index in [1.165, 1.54) is 5.56 Å². The number of amides is 1. The van der Waals surface area contributed by atoms with Crippen LogP contribution in [0.4, 0.5) is 0 Å². The smallest absolute Gasteiger partial charge is 0.257 e. The minimum absolute atomic E-state index is 0.000394. The third-order valence-electron chi connectivity index (χ3n) is 5.36. The van der Waals surface area contributed by atoms with Gasteiger partial charge in [0.05, 0.1) is 11.0 Å². The Labute approximate surface area is 196 Å². The predicted octanol–water partition coefficient (Wildman–Crippen LogP) is 5.20. The molecule has 1 amide bonds. The molecule has 0 radical (unpaired) electrons. The molecule has 1 N–H and O–H groups in total. The average Bonchev–Trinajstić information content (AvgIpc) is 3.13. The van der Waals surface area contributed by atoms with E-state index in [0.717, 1.165) is 44.8 Å². The highest BCUT2D eigenvalue weighted by Gasteiger charge is 2.12.